The molecular weight excluding hydrogens is 466 g/mol. The number of fused-ring (bicyclic) bond motifs is 1. The maximum atomic E-state index is 12.2. The van der Waals surface area contributed by atoms with Gasteiger partial charge >= 0.3 is 0 Å². The molecule has 3 aromatic carbocycles. The van der Waals surface area contributed by atoms with Gasteiger partial charge in [-0.05, 0) is 60.1 Å². The number of imidazole rings is 1. The SMILES string of the molecule is CCC(C)c1ccc(Cn2c(CCCCCNC(=O)Cc3ccccc3Cl)nc3ccccc32)cc1. The average molecular weight is 502 g/mol. The number of para-hydroxylation sites is 2. The summed E-state index contributed by atoms with van der Waals surface area (Å²) in [5, 5.41) is 3.66. The molecule has 5 heteroatoms. The van der Waals surface area contributed by atoms with Crippen LogP contribution in [0.2, 0.25) is 5.02 Å². The second kappa shape index (κ2) is 12.7. The molecule has 1 unspecified atom stereocenters. The summed E-state index contributed by atoms with van der Waals surface area (Å²) < 4.78 is 2.36. The molecule has 1 atom stereocenters. The molecule has 0 saturated carbocycles. The maximum absolute atomic E-state index is 12.2. The topological polar surface area (TPSA) is 46.9 Å². The lowest BCUT2D eigenvalue weighted by atomic mass is 9.97. The number of halogens is 1. The van der Waals surface area contributed by atoms with Gasteiger partial charge < -0.3 is 9.88 Å². The van der Waals surface area contributed by atoms with Gasteiger partial charge in [0.2, 0.25) is 5.91 Å². The molecule has 0 saturated heterocycles. The minimum atomic E-state index is 0.0178. The molecule has 1 N–H and O–H groups in total. The van der Waals surface area contributed by atoms with Gasteiger partial charge in [-0.15, -0.1) is 0 Å². The van der Waals surface area contributed by atoms with Crippen LogP contribution in [-0.4, -0.2) is 22.0 Å². The lowest BCUT2D eigenvalue weighted by molar-refractivity contribution is -0.120. The van der Waals surface area contributed by atoms with E-state index in [1.807, 2.05) is 24.3 Å². The highest BCUT2D eigenvalue weighted by Gasteiger charge is 2.12. The second-order valence-electron chi connectivity index (χ2n) is 9.58. The van der Waals surface area contributed by atoms with Crippen LogP contribution in [0.4, 0.5) is 0 Å². The number of rotatable bonds is 12. The summed E-state index contributed by atoms with van der Waals surface area (Å²) in [5.74, 6) is 1.74. The third-order valence-electron chi connectivity index (χ3n) is 6.94. The van der Waals surface area contributed by atoms with Crippen molar-refractivity contribution in [3.8, 4) is 0 Å². The van der Waals surface area contributed by atoms with Gasteiger partial charge in [-0.2, -0.15) is 0 Å². The molecular formula is C31H36ClN3O. The van der Waals surface area contributed by atoms with Crippen molar-refractivity contribution in [1.29, 1.82) is 0 Å². The standard InChI is InChI=1S/C31H36ClN3O/c1-3-23(2)25-18-16-24(17-19-25)22-35-29-14-9-8-13-28(29)34-30(35)15-5-4-10-20-33-31(36)21-26-11-6-7-12-27(26)32/h6-9,11-14,16-19,23H,3-5,10,15,20-22H2,1-2H3,(H,33,36). The number of aryl methyl sites for hydroxylation is 1. The minimum Gasteiger partial charge on any atom is -0.356 e. The monoisotopic (exact) mass is 501 g/mol. The summed E-state index contributed by atoms with van der Waals surface area (Å²) in [5.41, 5.74) is 5.80. The molecule has 0 bridgehead atoms. The van der Waals surface area contributed by atoms with Gasteiger partial charge in [0.15, 0.2) is 0 Å². The van der Waals surface area contributed by atoms with E-state index in [9.17, 15) is 4.79 Å². The van der Waals surface area contributed by atoms with Crippen molar-refractivity contribution in [2.75, 3.05) is 6.54 Å². The van der Waals surface area contributed by atoms with Crippen LogP contribution in [0.25, 0.3) is 11.0 Å². The third-order valence-corrected chi connectivity index (χ3v) is 7.31. The molecule has 1 heterocycles. The molecule has 1 aromatic heterocycles. The van der Waals surface area contributed by atoms with E-state index in [2.05, 4.69) is 72.3 Å². The number of nitrogens with zero attached hydrogens (tertiary/aromatic N) is 2. The Balaban J connectivity index is 1.30. The largest absolute Gasteiger partial charge is 0.356 e. The average Bonchev–Trinajstić information content (AvgIpc) is 3.24. The van der Waals surface area contributed by atoms with Crippen LogP contribution >= 0.6 is 11.6 Å². The van der Waals surface area contributed by atoms with Crippen LogP contribution in [0.5, 0.6) is 0 Å². The van der Waals surface area contributed by atoms with Crippen LogP contribution < -0.4 is 5.32 Å². The van der Waals surface area contributed by atoms with Crippen molar-refractivity contribution in [2.24, 2.45) is 0 Å². The first-order chi connectivity index (χ1) is 17.5. The van der Waals surface area contributed by atoms with Gasteiger partial charge in [-0.25, -0.2) is 4.98 Å². The Morgan fingerprint density at radius 1 is 0.972 bits per heavy atom. The van der Waals surface area contributed by atoms with E-state index in [0.717, 1.165) is 55.6 Å². The number of carbonyl (C=O) groups excluding carboxylic acids is 1. The van der Waals surface area contributed by atoms with Crippen molar-refractivity contribution in [2.45, 2.75) is 64.8 Å². The Labute approximate surface area is 219 Å². The molecule has 0 aliphatic heterocycles. The van der Waals surface area contributed by atoms with E-state index in [-0.39, 0.29) is 5.91 Å². The predicted octanol–water partition coefficient (Wildman–Crippen LogP) is 7.32. The van der Waals surface area contributed by atoms with E-state index in [4.69, 9.17) is 16.6 Å². The smallest absolute Gasteiger partial charge is 0.224 e. The maximum Gasteiger partial charge on any atom is 0.224 e. The molecule has 1 amide bonds. The summed E-state index contributed by atoms with van der Waals surface area (Å²) in [6.45, 7) is 6.02. The molecule has 0 aliphatic rings. The summed E-state index contributed by atoms with van der Waals surface area (Å²) in [6, 6.07) is 24.9. The number of aromatic nitrogens is 2. The number of amides is 1. The Kier molecular flexibility index (Phi) is 9.18. The summed E-state index contributed by atoms with van der Waals surface area (Å²) in [6.07, 6.45) is 5.43. The van der Waals surface area contributed by atoms with E-state index in [1.165, 1.54) is 16.6 Å². The zero-order valence-electron chi connectivity index (χ0n) is 21.3. The first-order valence-corrected chi connectivity index (χ1v) is 13.5. The Morgan fingerprint density at radius 2 is 1.72 bits per heavy atom. The van der Waals surface area contributed by atoms with Crippen molar-refractivity contribution < 1.29 is 4.79 Å². The molecule has 0 fully saturated rings. The normalized spacial score (nSPS) is 12.1. The highest BCUT2D eigenvalue weighted by molar-refractivity contribution is 6.31. The third kappa shape index (κ3) is 6.76. The van der Waals surface area contributed by atoms with Crippen LogP contribution in [-0.2, 0) is 24.2 Å². The van der Waals surface area contributed by atoms with E-state index >= 15 is 0 Å². The lowest BCUT2D eigenvalue weighted by Crippen LogP contribution is -2.26. The second-order valence-corrected chi connectivity index (χ2v) is 9.99. The molecule has 0 spiro atoms. The molecule has 188 valence electrons. The van der Waals surface area contributed by atoms with Gasteiger partial charge in [0.05, 0.1) is 17.5 Å². The number of benzene rings is 3. The number of carbonyl (C=O) groups is 1. The molecule has 36 heavy (non-hydrogen) atoms. The lowest BCUT2D eigenvalue weighted by Gasteiger charge is -2.12. The number of hydrogen-bond donors (Lipinski definition) is 1. The zero-order chi connectivity index (χ0) is 25.3. The first-order valence-electron chi connectivity index (χ1n) is 13.1. The highest BCUT2D eigenvalue weighted by Crippen LogP contribution is 2.22. The number of nitrogens with one attached hydrogen (secondary N) is 1. The first kappa shape index (κ1) is 26.0. The van der Waals surface area contributed by atoms with Gasteiger partial charge in [0.1, 0.15) is 5.82 Å². The van der Waals surface area contributed by atoms with Crippen molar-refractivity contribution in [1.82, 2.24) is 14.9 Å². The summed E-state index contributed by atoms with van der Waals surface area (Å²) >= 11 is 6.16. The number of unbranched alkanes of at least 4 members (excludes halogenated alkanes) is 2. The fraction of sp³-hybridized carbons (Fsp3) is 0.355. The van der Waals surface area contributed by atoms with E-state index < -0.39 is 0 Å². The van der Waals surface area contributed by atoms with Gasteiger partial charge in [-0.3, -0.25) is 4.79 Å². The van der Waals surface area contributed by atoms with Crippen LogP contribution in [0, 0.1) is 0 Å². The Morgan fingerprint density at radius 3 is 2.50 bits per heavy atom. The number of hydrogen-bond acceptors (Lipinski definition) is 2. The van der Waals surface area contributed by atoms with Crippen LogP contribution in [0.3, 0.4) is 0 Å². The predicted molar refractivity (Wildman–Crippen MR) is 150 cm³/mol. The molecule has 0 radical (unpaired) electrons. The van der Waals surface area contributed by atoms with Gasteiger partial charge in [-0.1, -0.05) is 86.5 Å². The minimum absolute atomic E-state index is 0.0178. The van der Waals surface area contributed by atoms with Crippen molar-refractivity contribution >= 4 is 28.5 Å². The quantitative estimate of drug-likeness (QED) is 0.207. The van der Waals surface area contributed by atoms with Crippen LogP contribution in [0.1, 0.15) is 68.0 Å². The van der Waals surface area contributed by atoms with Gasteiger partial charge in [0.25, 0.3) is 0 Å². The van der Waals surface area contributed by atoms with E-state index in [1.54, 1.807) is 0 Å². The fourth-order valence-electron chi connectivity index (χ4n) is 4.55. The summed E-state index contributed by atoms with van der Waals surface area (Å²) in [4.78, 5) is 17.2. The highest BCUT2D eigenvalue weighted by atomic mass is 35.5. The van der Waals surface area contributed by atoms with Crippen molar-refractivity contribution in [3.05, 3.63) is 100 Å². The Bertz CT molecular complexity index is 1280. The summed E-state index contributed by atoms with van der Waals surface area (Å²) in [7, 11) is 0. The molecule has 4 aromatic rings. The van der Waals surface area contributed by atoms with E-state index in [0.29, 0.717) is 23.9 Å². The van der Waals surface area contributed by atoms with Crippen molar-refractivity contribution in [3.63, 3.8) is 0 Å². The Hall–Kier alpha value is -3.11. The molecule has 4 nitrogen and oxygen atoms in total. The fourth-order valence-corrected chi connectivity index (χ4v) is 4.76. The van der Waals surface area contributed by atoms with Crippen LogP contribution in [0.15, 0.2) is 72.8 Å². The van der Waals surface area contributed by atoms with Gasteiger partial charge in [0, 0.05) is 24.5 Å². The zero-order valence-corrected chi connectivity index (χ0v) is 22.1. The molecule has 4 rings (SSSR count). The molecule has 0 aliphatic carbocycles.